The van der Waals surface area contributed by atoms with Gasteiger partial charge in [0.15, 0.2) is 0 Å². The fourth-order valence-electron chi connectivity index (χ4n) is 3.01. The van der Waals surface area contributed by atoms with Crippen molar-refractivity contribution in [2.75, 3.05) is 0 Å². The van der Waals surface area contributed by atoms with Crippen LogP contribution in [0.4, 0.5) is 0 Å². The van der Waals surface area contributed by atoms with Crippen molar-refractivity contribution in [3.8, 4) is 17.2 Å². The van der Waals surface area contributed by atoms with Gasteiger partial charge in [0.1, 0.15) is 17.2 Å². The van der Waals surface area contributed by atoms with Gasteiger partial charge in [-0.15, -0.1) is 0 Å². The normalized spacial score (nSPS) is 10.5. The van der Waals surface area contributed by atoms with Gasteiger partial charge in [0.05, 0.1) is 16.7 Å². The first kappa shape index (κ1) is 20.6. The molecule has 7 nitrogen and oxygen atoms in total. The number of hydrogen-bond acceptors (Lipinski definition) is 6. The van der Waals surface area contributed by atoms with Gasteiger partial charge in [0, 0.05) is 0 Å². The molecule has 0 radical (unpaired) electrons. The van der Waals surface area contributed by atoms with Crippen molar-refractivity contribution in [2.45, 2.75) is 0 Å². The fraction of sp³-hybridized carbons (Fsp3) is 0. The van der Waals surface area contributed by atoms with Crippen molar-refractivity contribution in [3.63, 3.8) is 0 Å². The largest absolute Gasteiger partial charge is 0.508 e. The lowest BCUT2D eigenvalue weighted by atomic mass is 10.0. The molecule has 0 spiro atoms. The zero-order chi connectivity index (χ0) is 22.7. The zero-order valence-corrected chi connectivity index (χ0v) is 16.5. The maximum absolute atomic E-state index is 12.5. The standard InChI is InChI=1S/C25H16O7/c26-20-7-5-15(6-8-20)24(29)31-21-9-11-22(12-10-21)32-25(30)19-4-2-16-13-18(23(27)28)3-1-17(16)14-19/h1-14,26H,(H,27,28). The van der Waals surface area contributed by atoms with Gasteiger partial charge < -0.3 is 19.7 Å². The SMILES string of the molecule is O=C(O)c1ccc2cc(C(=O)Oc3ccc(OC(=O)c4ccc(O)cc4)cc3)ccc2c1. The molecule has 2 N–H and O–H groups in total. The lowest BCUT2D eigenvalue weighted by molar-refractivity contribution is 0.0693. The Kier molecular flexibility index (Phi) is 5.55. The maximum atomic E-state index is 12.5. The number of rotatable bonds is 5. The van der Waals surface area contributed by atoms with Gasteiger partial charge in [-0.25, -0.2) is 14.4 Å². The summed E-state index contributed by atoms with van der Waals surface area (Å²) in [5.74, 6) is -1.61. The van der Waals surface area contributed by atoms with E-state index in [1.54, 1.807) is 24.3 Å². The van der Waals surface area contributed by atoms with Crippen LogP contribution in [0.25, 0.3) is 10.8 Å². The highest BCUT2D eigenvalue weighted by molar-refractivity contribution is 5.99. The molecule has 4 rings (SSSR count). The molecule has 0 heterocycles. The fourth-order valence-corrected chi connectivity index (χ4v) is 3.01. The van der Waals surface area contributed by atoms with Gasteiger partial charge in [0.25, 0.3) is 0 Å². The van der Waals surface area contributed by atoms with Crippen LogP contribution < -0.4 is 9.47 Å². The molecule has 0 saturated carbocycles. The Morgan fingerprint density at radius 2 is 1.00 bits per heavy atom. The number of carbonyl (C=O) groups excluding carboxylic acids is 2. The number of hydrogen-bond donors (Lipinski definition) is 2. The van der Waals surface area contributed by atoms with Crippen molar-refractivity contribution in [1.29, 1.82) is 0 Å². The van der Waals surface area contributed by atoms with Crippen LogP contribution in [-0.4, -0.2) is 28.1 Å². The number of carboxylic acids is 1. The Morgan fingerprint density at radius 1 is 0.562 bits per heavy atom. The molecule has 0 aliphatic heterocycles. The average Bonchev–Trinajstić information content (AvgIpc) is 2.80. The van der Waals surface area contributed by atoms with Crippen LogP contribution in [0.1, 0.15) is 31.1 Å². The second kappa shape index (κ2) is 8.61. The summed E-state index contributed by atoms with van der Waals surface area (Å²) < 4.78 is 10.6. The Bertz CT molecular complexity index is 1320. The minimum absolute atomic E-state index is 0.0455. The van der Waals surface area contributed by atoms with Crippen molar-refractivity contribution >= 4 is 28.7 Å². The van der Waals surface area contributed by atoms with Crippen LogP contribution >= 0.6 is 0 Å². The molecule has 4 aromatic rings. The number of benzene rings is 4. The van der Waals surface area contributed by atoms with E-state index in [4.69, 9.17) is 14.6 Å². The summed E-state index contributed by atoms with van der Waals surface area (Å²) in [6.45, 7) is 0. The van der Waals surface area contributed by atoms with Crippen molar-refractivity contribution in [3.05, 3.63) is 102 Å². The number of aromatic carboxylic acids is 1. The summed E-state index contributed by atoms with van der Waals surface area (Å²) in [6.07, 6.45) is 0. The van der Waals surface area contributed by atoms with E-state index in [0.717, 1.165) is 0 Å². The number of phenolic OH excluding ortho intramolecular Hbond substituents is 1. The predicted octanol–water partition coefficient (Wildman–Crippen LogP) is 4.68. The van der Waals surface area contributed by atoms with Crippen LogP contribution in [0.15, 0.2) is 84.9 Å². The highest BCUT2D eigenvalue weighted by atomic mass is 16.5. The van der Waals surface area contributed by atoms with Gasteiger partial charge in [-0.1, -0.05) is 12.1 Å². The second-order valence-corrected chi connectivity index (χ2v) is 6.88. The highest BCUT2D eigenvalue weighted by Crippen LogP contribution is 2.22. The van der Waals surface area contributed by atoms with Gasteiger partial charge in [-0.3, -0.25) is 0 Å². The Hall–Kier alpha value is -4.65. The summed E-state index contributed by atoms with van der Waals surface area (Å²) >= 11 is 0. The second-order valence-electron chi connectivity index (χ2n) is 6.88. The third kappa shape index (κ3) is 4.57. The zero-order valence-electron chi connectivity index (χ0n) is 16.5. The first-order valence-corrected chi connectivity index (χ1v) is 9.49. The number of phenols is 1. The van der Waals surface area contributed by atoms with Gasteiger partial charge in [-0.05, 0) is 83.6 Å². The van der Waals surface area contributed by atoms with Crippen LogP contribution in [0.5, 0.6) is 17.2 Å². The van der Waals surface area contributed by atoms with Gasteiger partial charge in [0.2, 0.25) is 0 Å². The number of fused-ring (bicyclic) bond motifs is 1. The lowest BCUT2D eigenvalue weighted by Crippen LogP contribution is -2.09. The summed E-state index contributed by atoms with van der Waals surface area (Å²) in [5.41, 5.74) is 0.757. The summed E-state index contributed by atoms with van der Waals surface area (Å²) in [5, 5.41) is 19.8. The molecule has 0 unspecified atom stereocenters. The van der Waals surface area contributed by atoms with E-state index in [2.05, 4.69) is 0 Å². The van der Waals surface area contributed by atoms with Crippen LogP contribution in [0, 0.1) is 0 Å². The third-order valence-corrected chi connectivity index (χ3v) is 4.67. The number of ether oxygens (including phenoxy) is 2. The molecule has 0 atom stereocenters. The predicted molar refractivity (Wildman–Crippen MR) is 115 cm³/mol. The van der Waals surface area contributed by atoms with Gasteiger partial charge >= 0.3 is 17.9 Å². The van der Waals surface area contributed by atoms with E-state index < -0.39 is 17.9 Å². The molecule has 0 aliphatic carbocycles. The van der Waals surface area contributed by atoms with E-state index in [1.807, 2.05) is 0 Å². The topological polar surface area (TPSA) is 110 Å². The molecule has 0 aliphatic rings. The highest BCUT2D eigenvalue weighted by Gasteiger charge is 2.12. The van der Waals surface area contributed by atoms with E-state index in [-0.39, 0.29) is 28.4 Å². The van der Waals surface area contributed by atoms with Crippen LogP contribution in [0.3, 0.4) is 0 Å². The molecule has 0 aromatic heterocycles. The quantitative estimate of drug-likeness (QED) is 0.351. The molecular weight excluding hydrogens is 412 g/mol. The summed E-state index contributed by atoms with van der Waals surface area (Å²) in [7, 11) is 0. The van der Waals surface area contributed by atoms with Crippen molar-refractivity contribution in [2.24, 2.45) is 0 Å². The van der Waals surface area contributed by atoms with E-state index in [9.17, 15) is 19.5 Å². The van der Waals surface area contributed by atoms with Crippen molar-refractivity contribution in [1.82, 2.24) is 0 Å². The van der Waals surface area contributed by atoms with E-state index in [1.165, 1.54) is 60.7 Å². The van der Waals surface area contributed by atoms with Crippen molar-refractivity contribution < 1.29 is 34.1 Å². The van der Waals surface area contributed by atoms with Crippen LogP contribution in [-0.2, 0) is 0 Å². The smallest absolute Gasteiger partial charge is 0.343 e. The molecule has 0 bridgehead atoms. The first-order chi connectivity index (χ1) is 15.4. The third-order valence-electron chi connectivity index (χ3n) is 4.67. The average molecular weight is 428 g/mol. The minimum Gasteiger partial charge on any atom is -0.508 e. The summed E-state index contributed by atoms with van der Waals surface area (Å²) in [6, 6.07) is 21.1. The first-order valence-electron chi connectivity index (χ1n) is 9.49. The molecule has 158 valence electrons. The molecule has 0 saturated heterocycles. The van der Waals surface area contributed by atoms with Crippen LogP contribution in [0.2, 0.25) is 0 Å². The Balaban J connectivity index is 1.43. The molecule has 0 amide bonds. The number of esters is 2. The van der Waals surface area contributed by atoms with Gasteiger partial charge in [-0.2, -0.15) is 0 Å². The summed E-state index contributed by atoms with van der Waals surface area (Å²) in [4.78, 5) is 35.7. The molecule has 7 heteroatoms. The van der Waals surface area contributed by atoms with E-state index in [0.29, 0.717) is 16.3 Å². The Morgan fingerprint density at radius 3 is 1.53 bits per heavy atom. The molecular formula is C25H16O7. The Labute approximate surface area is 182 Å². The van der Waals surface area contributed by atoms with E-state index >= 15 is 0 Å². The number of carbonyl (C=O) groups is 3. The minimum atomic E-state index is -1.02. The monoisotopic (exact) mass is 428 g/mol. The number of aromatic hydroxyl groups is 1. The number of carboxylic acid groups (broad SMARTS) is 1. The lowest BCUT2D eigenvalue weighted by Gasteiger charge is -2.08. The molecule has 0 fully saturated rings. The molecule has 32 heavy (non-hydrogen) atoms. The maximum Gasteiger partial charge on any atom is 0.343 e. The molecule has 4 aromatic carbocycles.